The van der Waals surface area contributed by atoms with Gasteiger partial charge >= 0.3 is 0 Å². The number of benzene rings is 1. The molecule has 0 bridgehead atoms. The number of hydrogen-bond donors (Lipinski definition) is 2. The Hall–Kier alpha value is -4.40. The fraction of sp³-hybridized carbons (Fsp3) is 0.310. The first kappa shape index (κ1) is 24.0. The van der Waals surface area contributed by atoms with Crippen LogP contribution in [-0.4, -0.2) is 55.9 Å². The SMILES string of the molecule is CCOc1cc(-c2ccc(N3CCC(Cc4ccccc4)(NC(C)=O)CC3)nc2)c2c3cn[nH]c3nn2c1. The molecule has 6 rings (SSSR count). The van der Waals surface area contributed by atoms with Crippen LogP contribution in [0, 0.1) is 0 Å². The van der Waals surface area contributed by atoms with Crippen LogP contribution in [-0.2, 0) is 11.2 Å². The van der Waals surface area contributed by atoms with Gasteiger partial charge < -0.3 is 15.0 Å². The number of piperidine rings is 1. The van der Waals surface area contributed by atoms with Crippen molar-refractivity contribution in [1.29, 1.82) is 0 Å². The molecule has 38 heavy (non-hydrogen) atoms. The number of nitrogens with zero attached hydrogens (tertiary/aromatic N) is 5. The molecule has 0 aliphatic carbocycles. The zero-order chi connectivity index (χ0) is 26.1. The van der Waals surface area contributed by atoms with Gasteiger partial charge in [-0.15, -0.1) is 5.10 Å². The molecule has 1 fully saturated rings. The third-order valence-electron chi connectivity index (χ3n) is 7.34. The van der Waals surface area contributed by atoms with Gasteiger partial charge in [-0.2, -0.15) is 5.10 Å². The molecule has 2 N–H and O–H groups in total. The predicted octanol–water partition coefficient (Wildman–Crippen LogP) is 4.39. The second-order valence-corrected chi connectivity index (χ2v) is 9.96. The lowest BCUT2D eigenvalue weighted by atomic mass is 9.81. The maximum Gasteiger partial charge on any atom is 0.217 e. The van der Waals surface area contributed by atoms with Crippen LogP contribution in [0.3, 0.4) is 0 Å². The van der Waals surface area contributed by atoms with Crippen molar-refractivity contribution in [2.24, 2.45) is 0 Å². The summed E-state index contributed by atoms with van der Waals surface area (Å²) >= 11 is 0. The molecular weight excluding hydrogens is 478 g/mol. The topological polar surface area (TPSA) is 100 Å². The molecule has 9 heteroatoms. The summed E-state index contributed by atoms with van der Waals surface area (Å²) in [5, 5.41) is 16.0. The summed E-state index contributed by atoms with van der Waals surface area (Å²) in [5.74, 6) is 1.70. The van der Waals surface area contributed by atoms with Gasteiger partial charge in [-0.25, -0.2) is 9.50 Å². The normalized spacial score (nSPS) is 15.2. The lowest BCUT2D eigenvalue weighted by molar-refractivity contribution is -0.121. The van der Waals surface area contributed by atoms with E-state index >= 15 is 0 Å². The van der Waals surface area contributed by atoms with Crippen LogP contribution in [0.2, 0.25) is 0 Å². The van der Waals surface area contributed by atoms with E-state index in [-0.39, 0.29) is 11.4 Å². The summed E-state index contributed by atoms with van der Waals surface area (Å²) in [5.41, 5.74) is 4.67. The molecular formula is C29H31N7O2. The van der Waals surface area contributed by atoms with Crippen molar-refractivity contribution in [3.63, 3.8) is 0 Å². The van der Waals surface area contributed by atoms with E-state index in [0.717, 1.165) is 71.6 Å². The van der Waals surface area contributed by atoms with E-state index in [4.69, 9.17) is 9.72 Å². The number of aromatic nitrogens is 5. The molecule has 1 aliphatic heterocycles. The number of fused-ring (bicyclic) bond motifs is 3. The molecule has 1 aromatic carbocycles. The molecule has 4 aromatic heterocycles. The number of carbonyl (C=O) groups is 1. The minimum absolute atomic E-state index is 0.0176. The molecule has 9 nitrogen and oxygen atoms in total. The highest BCUT2D eigenvalue weighted by Crippen LogP contribution is 2.34. The van der Waals surface area contributed by atoms with E-state index in [2.05, 4.69) is 61.9 Å². The Morgan fingerprint density at radius 1 is 1.13 bits per heavy atom. The Morgan fingerprint density at radius 2 is 1.95 bits per heavy atom. The highest BCUT2D eigenvalue weighted by molar-refractivity contribution is 6.00. The fourth-order valence-corrected chi connectivity index (χ4v) is 5.61. The first-order valence-electron chi connectivity index (χ1n) is 13.1. The third-order valence-corrected chi connectivity index (χ3v) is 7.34. The smallest absolute Gasteiger partial charge is 0.217 e. The van der Waals surface area contributed by atoms with E-state index in [1.54, 1.807) is 13.1 Å². The number of aromatic amines is 1. The first-order valence-corrected chi connectivity index (χ1v) is 13.1. The largest absolute Gasteiger partial charge is 0.492 e. The molecule has 5 heterocycles. The monoisotopic (exact) mass is 509 g/mol. The molecule has 0 unspecified atom stereocenters. The highest BCUT2D eigenvalue weighted by atomic mass is 16.5. The number of rotatable bonds is 7. The summed E-state index contributed by atoms with van der Waals surface area (Å²) in [7, 11) is 0. The first-order chi connectivity index (χ1) is 18.5. The summed E-state index contributed by atoms with van der Waals surface area (Å²) in [6, 6.07) is 16.6. The van der Waals surface area contributed by atoms with Gasteiger partial charge in [0.2, 0.25) is 5.91 Å². The number of ether oxygens (including phenoxy) is 1. The van der Waals surface area contributed by atoms with Crippen molar-refractivity contribution in [1.82, 2.24) is 30.1 Å². The van der Waals surface area contributed by atoms with Gasteiger partial charge in [0, 0.05) is 42.9 Å². The Bertz CT molecular complexity index is 1570. The molecule has 194 valence electrons. The van der Waals surface area contributed by atoms with Crippen LogP contribution in [0.5, 0.6) is 5.75 Å². The van der Waals surface area contributed by atoms with Gasteiger partial charge in [0.25, 0.3) is 0 Å². The molecule has 0 radical (unpaired) electrons. The Balaban J connectivity index is 1.25. The number of nitrogens with one attached hydrogen (secondary N) is 2. The Kier molecular flexibility index (Phi) is 6.19. The zero-order valence-electron chi connectivity index (χ0n) is 21.6. The van der Waals surface area contributed by atoms with Crippen LogP contribution in [0.15, 0.2) is 67.1 Å². The summed E-state index contributed by atoms with van der Waals surface area (Å²) < 4.78 is 7.66. The van der Waals surface area contributed by atoms with Gasteiger partial charge in [-0.3, -0.25) is 9.89 Å². The van der Waals surface area contributed by atoms with Gasteiger partial charge in [-0.1, -0.05) is 30.3 Å². The third kappa shape index (κ3) is 4.55. The van der Waals surface area contributed by atoms with Gasteiger partial charge in [0.15, 0.2) is 5.65 Å². The highest BCUT2D eigenvalue weighted by Gasteiger charge is 2.35. The van der Waals surface area contributed by atoms with Gasteiger partial charge in [0.05, 0.1) is 29.9 Å². The lowest BCUT2D eigenvalue weighted by Crippen LogP contribution is -2.56. The van der Waals surface area contributed by atoms with Crippen LogP contribution in [0.4, 0.5) is 5.82 Å². The maximum atomic E-state index is 12.1. The maximum absolute atomic E-state index is 12.1. The second-order valence-electron chi connectivity index (χ2n) is 9.96. The molecule has 0 saturated carbocycles. The van der Waals surface area contributed by atoms with E-state index in [9.17, 15) is 4.79 Å². The lowest BCUT2D eigenvalue weighted by Gasteiger charge is -2.43. The van der Waals surface area contributed by atoms with Crippen molar-refractivity contribution < 1.29 is 9.53 Å². The van der Waals surface area contributed by atoms with Crippen molar-refractivity contribution in [2.45, 2.75) is 38.6 Å². The van der Waals surface area contributed by atoms with Crippen LogP contribution < -0.4 is 15.0 Å². The van der Waals surface area contributed by atoms with E-state index in [1.165, 1.54) is 5.56 Å². The minimum atomic E-state index is -0.243. The van der Waals surface area contributed by atoms with Crippen LogP contribution in [0.1, 0.15) is 32.3 Å². The van der Waals surface area contributed by atoms with Crippen molar-refractivity contribution >= 4 is 28.3 Å². The number of amides is 1. The molecule has 1 saturated heterocycles. The van der Waals surface area contributed by atoms with Crippen molar-refractivity contribution in [2.75, 3.05) is 24.6 Å². The number of pyridine rings is 2. The zero-order valence-corrected chi connectivity index (χ0v) is 21.6. The summed E-state index contributed by atoms with van der Waals surface area (Å²) in [6.45, 7) is 5.79. The molecule has 0 spiro atoms. The molecule has 1 aliphatic rings. The quantitative estimate of drug-likeness (QED) is 0.338. The number of carbonyl (C=O) groups excluding carboxylic acids is 1. The Labute approximate surface area is 220 Å². The number of H-pyrrole nitrogens is 1. The van der Waals surface area contributed by atoms with Crippen LogP contribution in [0.25, 0.3) is 27.7 Å². The second kappa shape index (κ2) is 9.81. The fourth-order valence-electron chi connectivity index (χ4n) is 5.61. The molecule has 1 amide bonds. The molecule has 0 atom stereocenters. The van der Waals surface area contributed by atoms with Crippen molar-refractivity contribution in [3.8, 4) is 16.9 Å². The van der Waals surface area contributed by atoms with E-state index < -0.39 is 0 Å². The average Bonchev–Trinajstić information content (AvgIpc) is 3.51. The Morgan fingerprint density at radius 3 is 2.66 bits per heavy atom. The standard InChI is InChI=1S/C29H31N7O2/c1-3-38-23-15-24(27-25-18-31-33-28(25)34-36(27)19-23)22-9-10-26(30-17-22)35-13-11-29(12-14-35,32-20(2)37)16-21-7-5-4-6-8-21/h4-10,15,17-19H,3,11-14,16H2,1-2H3,(H,32,37)(H,33,34). The van der Waals surface area contributed by atoms with Gasteiger partial charge in [-0.05, 0) is 49.9 Å². The van der Waals surface area contributed by atoms with Crippen LogP contribution >= 0.6 is 0 Å². The number of anilines is 1. The van der Waals surface area contributed by atoms with E-state index in [0.29, 0.717) is 6.61 Å². The molecule has 5 aromatic rings. The summed E-state index contributed by atoms with van der Waals surface area (Å²) in [6.07, 6.45) is 8.15. The van der Waals surface area contributed by atoms with E-state index in [1.807, 2.05) is 36.0 Å². The number of hydrogen-bond acceptors (Lipinski definition) is 6. The summed E-state index contributed by atoms with van der Waals surface area (Å²) in [4.78, 5) is 19.2. The average molecular weight is 510 g/mol. The minimum Gasteiger partial charge on any atom is -0.492 e. The predicted molar refractivity (Wildman–Crippen MR) is 147 cm³/mol. The van der Waals surface area contributed by atoms with Gasteiger partial charge in [0.1, 0.15) is 11.6 Å². The van der Waals surface area contributed by atoms with Crippen molar-refractivity contribution in [3.05, 3.63) is 72.7 Å².